The summed E-state index contributed by atoms with van der Waals surface area (Å²) in [6, 6.07) is 2.38. The number of nitro groups is 1. The van der Waals surface area contributed by atoms with Crippen LogP contribution >= 0.6 is 0 Å². The second-order valence-electron chi connectivity index (χ2n) is 3.66. The number of rotatable bonds is 3. The Morgan fingerprint density at radius 1 is 1.44 bits per heavy atom. The van der Waals surface area contributed by atoms with E-state index >= 15 is 0 Å². The van der Waals surface area contributed by atoms with Crippen molar-refractivity contribution in [3.8, 4) is 0 Å². The summed E-state index contributed by atoms with van der Waals surface area (Å²) in [6.45, 7) is 1.32. The first-order chi connectivity index (χ1) is 8.14. The van der Waals surface area contributed by atoms with Crippen LogP contribution in [0.3, 0.4) is 0 Å². The summed E-state index contributed by atoms with van der Waals surface area (Å²) in [5.41, 5.74) is 2.51. The lowest BCUT2D eigenvalue weighted by atomic mass is 9.97. The fourth-order valence-electron chi connectivity index (χ4n) is 1.37. The van der Waals surface area contributed by atoms with E-state index in [1.165, 1.54) is 6.92 Å². The molecule has 0 aliphatic heterocycles. The van der Waals surface area contributed by atoms with Crippen molar-refractivity contribution in [3.63, 3.8) is 0 Å². The molecule has 0 aliphatic carbocycles. The van der Waals surface area contributed by atoms with Gasteiger partial charge < -0.3 is 5.73 Å². The second kappa shape index (κ2) is 4.63. The number of alkyl halides is 3. The molecule has 98 valence electrons. The van der Waals surface area contributed by atoms with Crippen LogP contribution in [0.25, 0.3) is 0 Å². The summed E-state index contributed by atoms with van der Waals surface area (Å²) >= 11 is 0. The molecule has 0 saturated carbocycles. The number of primary amides is 1. The van der Waals surface area contributed by atoms with E-state index in [0.29, 0.717) is 6.07 Å². The van der Waals surface area contributed by atoms with Crippen molar-refractivity contribution in [1.29, 1.82) is 0 Å². The van der Waals surface area contributed by atoms with E-state index in [0.717, 1.165) is 12.1 Å². The zero-order valence-corrected chi connectivity index (χ0v) is 9.19. The number of hydrogen-bond donors (Lipinski definition) is 1. The van der Waals surface area contributed by atoms with Gasteiger partial charge in [-0.2, -0.15) is 13.2 Å². The Labute approximate surface area is 99.5 Å². The molecular formula is C10H9F3N2O3. The van der Waals surface area contributed by atoms with Gasteiger partial charge in [0.2, 0.25) is 5.91 Å². The Balaban J connectivity index is 3.39. The fourth-order valence-corrected chi connectivity index (χ4v) is 1.37. The second-order valence-corrected chi connectivity index (χ2v) is 3.66. The zero-order valence-electron chi connectivity index (χ0n) is 9.19. The van der Waals surface area contributed by atoms with Crippen molar-refractivity contribution >= 4 is 11.6 Å². The van der Waals surface area contributed by atoms with Gasteiger partial charge in [0.15, 0.2) is 0 Å². The van der Waals surface area contributed by atoms with Gasteiger partial charge in [-0.05, 0) is 18.6 Å². The van der Waals surface area contributed by atoms with Gasteiger partial charge in [-0.3, -0.25) is 14.9 Å². The highest BCUT2D eigenvalue weighted by atomic mass is 19.4. The zero-order chi connectivity index (χ0) is 14.1. The summed E-state index contributed by atoms with van der Waals surface area (Å²) in [4.78, 5) is 20.3. The van der Waals surface area contributed by atoms with Crippen molar-refractivity contribution in [1.82, 2.24) is 0 Å². The summed E-state index contributed by atoms with van der Waals surface area (Å²) in [7, 11) is 0. The molecule has 5 nitrogen and oxygen atoms in total. The third-order valence-corrected chi connectivity index (χ3v) is 2.45. The molecule has 1 aromatic carbocycles. The molecule has 1 unspecified atom stereocenters. The van der Waals surface area contributed by atoms with Gasteiger partial charge in [0.05, 0.1) is 10.8 Å². The van der Waals surface area contributed by atoms with E-state index in [2.05, 4.69) is 0 Å². The number of benzene rings is 1. The molecule has 1 atom stereocenters. The van der Waals surface area contributed by atoms with E-state index in [1.54, 1.807) is 0 Å². The normalized spacial score (nSPS) is 13.1. The molecule has 0 saturated heterocycles. The molecule has 18 heavy (non-hydrogen) atoms. The molecule has 0 aromatic heterocycles. The fraction of sp³-hybridized carbons (Fsp3) is 0.300. The molecule has 0 aliphatic rings. The van der Waals surface area contributed by atoms with Crippen molar-refractivity contribution in [2.45, 2.75) is 19.0 Å². The molecule has 8 heteroatoms. The van der Waals surface area contributed by atoms with Gasteiger partial charge in [0.25, 0.3) is 5.69 Å². The molecule has 0 fully saturated rings. The highest BCUT2D eigenvalue weighted by Gasteiger charge is 2.38. The van der Waals surface area contributed by atoms with Gasteiger partial charge in [0, 0.05) is 6.07 Å². The number of carbonyl (C=O) groups excluding carboxylic acids is 1. The SMILES string of the molecule is CC(C(N)=O)c1ccc([N+](=O)[O-])c(C(F)(F)F)c1. The first kappa shape index (κ1) is 13.9. The summed E-state index contributed by atoms with van der Waals surface area (Å²) in [6.07, 6.45) is -4.87. The smallest absolute Gasteiger partial charge is 0.369 e. The number of halogens is 3. The lowest BCUT2D eigenvalue weighted by molar-refractivity contribution is -0.388. The van der Waals surface area contributed by atoms with E-state index in [9.17, 15) is 28.1 Å². The van der Waals surface area contributed by atoms with Gasteiger partial charge in [0.1, 0.15) is 5.56 Å². The molecule has 0 bridgehead atoms. The highest BCUT2D eigenvalue weighted by molar-refractivity contribution is 5.81. The highest BCUT2D eigenvalue weighted by Crippen LogP contribution is 2.37. The van der Waals surface area contributed by atoms with Crippen LogP contribution in [0.4, 0.5) is 18.9 Å². The minimum absolute atomic E-state index is 0.0135. The molecule has 1 amide bonds. The molecular weight excluding hydrogens is 253 g/mol. The Kier molecular flexibility index (Phi) is 3.59. The third kappa shape index (κ3) is 2.76. The molecule has 0 radical (unpaired) electrons. The number of nitro benzene ring substituents is 1. The first-order valence-electron chi connectivity index (χ1n) is 4.79. The monoisotopic (exact) mass is 262 g/mol. The quantitative estimate of drug-likeness (QED) is 0.669. The van der Waals surface area contributed by atoms with Crippen LogP contribution in [-0.4, -0.2) is 10.8 Å². The number of carbonyl (C=O) groups is 1. The van der Waals surface area contributed by atoms with Gasteiger partial charge in [-0.15, -0.1) is 0 Å². The maximum absolute atomic E-state index is 12.6. The minimum atomic E-state index is -4.87. The van der Waals surface area contributed by atoms with Crippen molar-refractivity contribution in [2.75, 3.05) is 0 Å². The molecule has 1 aromatic rings. The van der Waals surface area contributed by atoms with Crippen LogP contribution in [0.15, 0.2) is 18.2 Å². The average Bonchev–Trinajstić information content (AvgIpc) is 2.25. The molecule has 1 rings (SSSR count). The predicted octanol–water partition coefficient (Wildman–Crippen LogP) is 2.20. The van der Waals surface area contributed by atoms with Gasteiger partial charge >= 0.3 is 6.18 Å². The van der Waals surface area contributed by atoms with E-state index in [1.807, 2.05) is 0 Å². The van der Waals surface area contributed by atoms with Gasteiger partial charge in [-0.1, -0.05) is 6.07 Å². The summed E-state index contributed by atoms with van der Waals surface area (Å²) in [5, 5.41) is 10.5. The number of nitrogens with two attached hydrogens (primary N) is 1. The minimum Gasteiger partial charge on any atom is -0.369 e. The largest absolute Gasteiger partial charge is 0.423 e. The average molecular weight is 262 g/mol. The van der Waals surface area contributed by atoms with Gasteiger partial charge in [-0.25, -0.2) is 0 Å². The lowest BCUT2D eigenvalue weighted by Gasteiger charge is -2.12. The molecule has 0 heterocycles. The standard InChI is InChI=1S/C10H9F3N2O3/c1-5(9(14)16)6-2-3-8(15(17)18)7(4-6)10(11,12)13/h2-5H,1H3,(H2,14,16). The van der Waals surface area contributed by atoms with E-state index in [4.69, 9.17) is 5.73 Å². The summed E-state index contributed by atoms with van der Waals surface area (Å²) in [5.74, 6) is -1.76. The Bertz CT molecular complexity index is 500. The maximum Gasteiger partial charge on any atom is 0.423 e. The van der Waals surface area contributed by atoms with Crippen LogP contribution in [0.5, 0.6) is 0 Å². The van der Waals surface area contributed by atoms with Crippen LogP contribution < -0.4 is 5.73 Å². The number of nitrogens with zero attached hydrogens (tertiary/aromatic N) is 1. The molecule has 0 spiro atoms. The van der Waals surface area contributed by atoms with Crippen LogP contribution in [-0.2, 0) is 11.0 Å². The van der Waals surface area contributed by atoms with Crippen molar-refractivity contribution in [2.24, 2.45) is 5.73 Å². The van der Waals surface area contributed by atoms with Crippen LogP contribution in [0.2, 0.25) is 0 Å². The lowest BCUT2D eigenvalue weighted by Crippen LogP contribution is -2.19. The summed E-state index contributed by atoms with van der Waals surface area (Å²) < 4.78 is 37.9. The van der Waals surface area contributed by atoms with Crippen LogP contribution in [0, 0.1) is 10.1 Å². The van der Waals surface area contributed by atoms with Crippen molar-refractivity contribution in [3.05, 3.63) is 39.4 Å². The van der Waals surface area contributed by atoms with Crippen molar-refractivity contribution < 1.29 is 22.9 Å². The third-order valence-electron chi connectivity index (χ3n) is 2.45. The predicted molar refractivity (Wildman–Crippen MR) is 55.7 cm³/mol. The first-order valence-corrected chi connectivity index (χ1v) is 4.79. The maximum atomic E-state index is 12.6. The van der Waals surface area contributed by atoms with E-state index in [-0.39, 0.29) is 5.56 Å². The topological polar surface area (TPSA) is 86.2 Å². The Morgan fingerprint density at radius 2 is 2.00 bits per heavy atom. The number of amides is 1. The Morgan fingerprint density at radius 3 is 2.39 bits per heavy atom. The van der Waals surface area contributed by atoms with Crippen LogP contribution in [0.1, 0.15) is 24.0 Å². The Hall–Kier alpha value is -2.12. The number of hydrogen-bond acceptors (Lipinski definition) is 3. The molecule has 2 N–H and O–H groups in total. The van der Waals surface area contributed by atoms with E-state index < -0.39 is 34.2 Å².